The molecule has 0 bridgehead atoms. The van der Waals surface area contributed by atoms with E-state index in [4.69, 9.17) is 15.2 Å². The van der Waals surface area contributed by atoms with E-state index in [-0.39, 0.29) is 32.8 Å². The van der Waals surface area contributed by atoms with Crippen molar-refractivity contribution in [1.29, 1.82) is 5.26 Å². The van der Waals surface area contributed by atoms with E-state index in [9.17, 15) is 14.9 Å². The van der Waals surface area contributed by atoms with Gasteiger partial charge in [0.05, 0.1) is 7.11 Å². The van der Waals surface area contributed by atoms with Crippen LogP contribution in [0.5, 0.6) is 5.88 Å². The third-order valence-electron chi connectivity index (χ3n) is 5.83. The fraction of sp³-hybridized carbons (Fsp3) is 0.333. The van der Waals surface area contributed by atoms with Crippen molar-refractivity contribution in [3.8, 4) is 23.1 Å². The molecule has 3 heterocycles. The van der Waals surface area contributed by atoms with Crippen LogP contribution >= 0.6 is 0 Å². The number of methoxy groups -OCH3 is 1. The summed E-state index contributed by atoms with van der Waals surface area (Å²) in [5, 5.41) is 14.1. The number of carbonyl (C=O) groups is 2. The molecule has 3 aromatic rings. The fourth-order valence-electron chi connectivity index (χ4n) is 4.13. The van der Waals surface area contributed by atoms with Crippen molar-refractivity contribution in [2.45, 2.75) is 29.7 Å². The van der Waals surface area contributed by atoms with Gasteiger partial charge in [-0.1, -0.05) is 0 Å². The molecule has 0 aliphatic carbocycles. The number of anilines is 1. The molecule has 1 saturated heterocycles. The summed E-state index contributed by atoms with van der Waals surface area (Å²) in [6.45, 7) is 0.988. The molecular weight excluding hydrogens is 529 g/mol. The van der Waals surface area contributed by atoms with Crippen molar-refractivity contribution in [2.24, 2.45) is 5.73 Å². The average Bonchev–Trinajstić information content (AvgIpc) is 3.35. The minimum atomic E-state index is -0.941. The summed E-state index contributed by atoms with van der Waals surface area (Å²) in [6, 6.07) is 9.53. The van der Waals surface area contributed by atoms with Crippen molar-refractivity contribution in [1.82, 2.24) is 19.9 Å². The molecule has 0 radical (unpaired) electrons. The predicted molar refractivity (Wildman–Crippen MR) is 134 cm³/mol. The quantitative estimate of drug-likeness (QED) is 0.399. The monoisotopic (exact) mass is 555 g/mol. The van der Waals surface area contributed by atoms with Crippen LogP contribution in [-0.2, 0) is 9.53 Å². The van der Waals surface area contributed by atoms with Gasteiger partial charge in [0, 0.05) is 6.20 Å². The van der Waals surface area contributed by atoms with Gasteiger partial charge in [0.25, 0.3) is 0 Å². The molecule has 1 aromatic carbocycles. The second kappa shape index (κ2) is 11.2. The number of amides is 2. The van der Waals surface area contributed by atoms with Crippen LogP contribution in [-0.4, -0.2) is 79.2 Å². The number of hydrogen-bond acceptors (Lipinski definition) is 9. The van der Waals surface area contributed by atoms with Crippen LogP contribution in [0.25, 0.3) is 22.0 Å². The number of benzene rings is 1. The maximum atomic E-state index is 12.9. The number of nitriles is 1. The minimum Gasteiger partial charge on any atom is -0.192 e. The number of fused-ring (bicyclic) bond motifs is 1. The van der Waals surface area contributed by atoms with Gasteiger partial charge < -0.3 is 4.74 Å². The molecule has 11 nitrogen and oxygen atoms in total. The zero-order chi connectivity index (χ0) is 25.7. The molecule has 2 aromatic heterocycles. The van der Waals surface area contributed by atoms with E-state index in [1.165, 1.54) is 13.4 Å². The van der Waals surface area contributed by atoms with Crippen molar-refractivity contribution < 1.29 is 19.1 Å². The van der Waals surface area contributed by atoms with Crippen LogP contribution in [0.15, 0.2) is 36.8 Å². The third-order valence-corrected chi connectivity index (χ3v) is 7.16. The first-order valence-corrected chi connectivity index (χ1v) is 14.1. The Balaban J connectivity index is 1.54. The first-order valence-electron chi connectivity index (χ1n) is 11.1. The second-order valence-corrected chi connectivity index (χ2v) is 10.1. The van der Waals surface area contributed by atoms with E-state index < -0.39 is 12.2 Å². The van der Waals surface area contributed by atoms with Crippen LogP contribution in [0.2, 0.25) is 11.1 Å². The van der Waals surface area contributed by atoms with Gasteiger partial charge in [-0.15, -0.1) is 0 Å². The van der Waals surface area contributed by atoms with E-state index in [1.807, 2.05) is 24.0 Å². The molecule has 186 valence electrons. The normalized spacial score (nSPS) is 15.8. The van der Waals surface area contributed by atoms with Gasteiger partial charge in [0.2, 0.25) is 5.88 Å². The first-order chi connectivity index (χ1) is 17.4. The molecule has 2 atom stereocenters. The summed E-state index contributed by atoms with van der Waals surface area (Å²) < 4.78 is 10.2. The number of aromatic nitrogens is 3. The number of nitrogens with one attached hydrogen (secondary N) is 1. The number of ether oxygens (including phenoxy) is 2. The predicted octanol–water partition coefficient (Wildman–Crippen LogP) is 2.22. The molecule has 1 aliphatic rings. The van der Waals surface area contributed by atoms with E-state index >= 15 is 0 Å². The smallest absolute Gasteiger partial charge is 0.115 e. The Bertz CT molecular complexity index is 1330. The summed E-state index contributed by atoms with van der Waals surface area (Å²) in [4.78, 5) is 38.8. The van der Waals surface area contributed by atoms with Crippen molar-refractivity contribution >= 4 is 43.7 Å². The van der Waals surface area contributed by atoms with Crippen molar-refractivity contribution in [3.63, 3.8) is 0 Å². The van der Waals surface area contributed by atoms with Gasteiger partial charge >= 0.3 is 162 Å². The standard InChI is InChI=1S/C24H25N7O4Se/c1-34-22-15(9-25)7-16(10-27-22)14-3-4-19-18(8-14)21(29-13-28-19)30-17-5-6-31(11-17)23(32)20(12-36-2)35-24(26)33/h3-4,7-8,10,13,17,20H,5-6,11-12H2,1-2H3,(H2,26,33)(H,28,29,30)/t17-,20-/m0/s1. The molecule has 2 amide bonds. The number of hydrogen-bond donors (Lipinski definition) is 2. The van der Waals surface area contributed by atoms with Crippen LogP contribution in [0.1, 0.15) is 12.0 Å². The Morgan fingerprint density at radius 3 is 2.86 bits per heavy atom. The molecule has 3 N–H and O–H groups in total. The SMILES string of the molecule is COc1ncc(-c2ccc3ncnc(N[C@H]4CCN(C(=O)[C@H](C[Se]C)OC(N)=O)C4)c3c2)cc1C#N. The number of primary amides is 1. The van der Waals surface area contributed by atoms with Crippen molar-refractivity contribution in [3.05, 3.63) is 42.4 Å². The fourth-order valence-corrected chi connectivity index (χ4v) is 5.20. The Morgan fingerprint density at radius 1 is 1.31 bits per heavy atom. The first kappa shape index (κ1) is 25.2. The molecule has 0 spiro atoms. The Hall–Kier alpha value is -3.94. The topological polar surface area (TPSA) is 156 Å². The molecule has 4 rings (SSSR count). The summed E-state index contributed by atoms with van der Waals surface area (Å²) in [7, 11) is 1.47. The number of rotatable bonds is 8. The molecular formula is C24H25N7O4Se. The number of likely N-dealkylation sites (tertiary alicyclic amines) is 1. The Morgan fingerprint density at radius 2 is 2.14 bits per heavy atom. The van der Waals surface area contributed by atoms with Gasteiger partial charge in [0.15, 0.2) is 0 Å². The van der Waals surface area contributed by atoms with E-state index in [0.717, 1.165) is 22.0 Å². The zero-order valence-corrected chi connectivity index (χ0v) is 21.5. The number of nitrogens with zero attached hydrogens (tertiary/aromatic N) is 5. The molecule has 1 fully saturated rings. The Kier molecular flexibility index (Phi) is 7.83. The van der Waals surface area contributed by atoms with Gasteiger partial charge in [-0.3, -0.25) is 0 Å². The molecule has 36 heavy (non-hydrogen) atoms. The summed E-state index contributed by atoms with van der Waals surface area (Å²) in [6.07, 6.45) is 2.07. The van der Waals surface area contributed by atoms with Crippen LogP contribution in [0, 0.1) is 11.3 Å². The van der Waals surface area contributed by atoms with Crippen LogP contribution in [0.4, 0.5) is 10.6 Å². The zero-order valence-electron chi connectivity index (χ0n) is 19.8. The average molecular weight is 554 g/mol. The maximum absolute atomic E-state index is 12.9. The number of carbonyl (C=O) groups excluding carboxylic acids is 2. The van der Waals surface area contributed by atoms with E-state index in [2.05, 4.69) is 26.3 Å². The van der Waals surface area contributed by atoms with Crippen molar-refractivity contribution in [2.75, 3.05) is 25.5 Å². The molecule has 0 saturated carbocycles. The summed E-state index contributed by atoms with van der Waals surface area (Å²) in [5.74, 6) is 2.67. The number of nitrogens with two attached hydrogens (primary N) is 1. The Labute approximate surface area is 214 Å². The van der Waals surface area contributed by atoms with Gasteiger partial charge in [-0.05, 0) is 6.07 Å². The van der Waals surface area contributed by atoms with Gasteiger partial charge in [-0.25, -0.2) is 4.98 Å². The minimum absolute atomic E-state index is 0.0371. The summed E-state index contributed by atoms with van der Waals surface area (Å²) >= 11 is 0.151. The largest absolute Gasteiger partial charge is 0.192 e. The van der Waals surface area contributed by atoms with Crippen LogP contribution in [0.3, 0.4) is 0 Å². The molecule has 12 heteroatoms. The second-order valence-electron chi connectivity index (χ2n) is 8.14. The van der Waals surface area contributed by atoms with E-state index in [0.29, 0.717) is 36.2 Å². The van der Waals surface area contributed by atoms with Gasteiger partial charge in [-0.2, -0.15) is 5.26 Å². The third kappa shape index (κ3) is 5.48. The number of pyridine rings is 1. The molecule has 1 aliphatic heterocycles. The van der Waals surface area contributed by atoms with Crippen LogP contribution < -0.4 is 15.8 Å². The maximum Gasteiger partial charge on any atom is 0.115 e. The summed E-state index contributed by atoms with van der Waals surface area (Å²) in [5.41, 5.74) is 7.86. The van der Waals surface area contributed by atoms with Gasteiger partial charge in [0.1, 0.15) is 11.6 Å². The molecule has 0 unspecified atom stereocenters. The van der Waals surface area contributed by atoms with E-state index in [1.54, 1.807) is 17.2 Å².